The molecule has 2 rings (SSSR count). The number of hydrogen-bond donors (Lipinski definition) is 2. The number of nitrogens with one attached hydrogen (secondary N) is 2. The maximum atomic E-state index is 12.2. The van der Waals surface area contributed by atoms with Crippen LogP contribution < -0.4 is 15.4 Å². The van der Waals surface area contributed by atoms with Gasteiger partial charge in [0.15, 0.2) is 12.4 Å². The second-order valence-corrected chi connectivity index (χ2v) is 5.71. The van der Waals surface area contributed by atoms with Crippen molar-refractivity contribution in [1.82, 2.24) is 5.32 Å². The first-order chi connectivity index (χ1) is 13.0. The minimum Gasteiger partial charge on any atom is -0.484 e. The lowest BCUT2D eigenvalue weighted by molar-refractivity contribution is -0.118. The third kappa shape index (κ3) is 6.23. The average molecular weight is 370 g/mol. The number of carbonyl (C=O) groups is 3. The van der Waals surface area contributed by atoms with E-state index in [1.165, 1.54) is 6.92 Å². The highest BCUT2D eigenvalue weighted by Crippen LogP contribution is 2.16. The number of ketones is 1. The van der Waals surface area contributed by atoms with Gasteiger partial charge in [-0.05, 0) is 43.3 Å². The average Bonchev–Trinajstić information content (AvgIpc) is 2.67. The molecular weight excluding hydrogens is 348 g/mol. The highest BCUT2D eigenvalue weighted by molar-refractivity contribution is 6.04. The van der Waals surface area contributed by atoms with E-state index in [9.17, 15) is 14.4 Å². The zero-order valence-corrected chi connectivity index (χ0v) is 15.3. The molecule has 0 aromatic heterocycles. The first-order valence-corrected chi connectivity index (χ1v) is 8.41. The summed E-state index contributed by atoms with van der Waals surface area (Å²) < 4.78 is 10.3. The molecule has 0 saturated heterocycles. The highest BCUT2D eigenvalue weighted by Gasteiger charge is 2.13. The number of rotatable bonds is 9. The topological polar surface area (TPSA) is 93.7 Å². The minimum absolute atomic E-state index is 0.0420. The number of anilines is 1. The number of benzene rings is 2. The van der Waals surface area contributed by atoms with E-state index < -0.39 is 5.91 Å². The van der Waals surface area contributed by atoms with Crippen LogP contribution in [0, 0.1) is 0 Å². The van der Waals surface area contributed by atoms with Gasteiger partial charge in [-0.3, -0.25) is 14.4 Å². The minimum atomic E-state index is -0.400. The van der Waals surface area contributed by atoms with Gasteiger partial charge in [0.05, 0.1) is 17.9 Å². The van der Waals surface area contributed by atoms with E-state index in [4.69, 9.17) is 9.47 Å². The molecule has 0 aliphatic carbocycles. The summed E-state index contributed by atoms with van der Waals surface area (Å²) >= 11 is 0. The quantitative estimate of drug-likeness (QED) is 0.522. The fraction of sp³-hybridized carbons (Fsp3) is 0.250. The number of hydrogen-bond acceptors (Lipinski definition) is 5. The fourth-order valence-electron chi connectivity index (χ4n) is 2.27. The van der Waals surface area contributed by atoms with Gasteiger partial charge in [-0.15, -0.1) is 0 Å². The number of para-hydroxylation sites is 1. The zero-order chi connectivity index (χ0) is 19.6. The van der Waals surface area contributed by atoms with Gasteiger partial charge >= 0.3 is 0 Å². The van der Waals surface area contributed by atoms with E-state index in [1.807, 2.05) is 0 Å². The van der Waals surface area contributed by atoms with Crippen molar-refractivity contribution in [3.05, 3.63) is 59.7 Å². The third-order valence-electron chi connectivity index (χ3n) is 3.67. The van der Waals surface area contributed by atoms with E-state index in [2.05, 4.69) is 10.6 Å². The molecule has 0 aliphatic heterocycles. The van der Waals surface area contributed by atoms with Crippen LogP contribution in [-0.4, -0.2) is 44.5 Å². The van der Waals surface area contributed by atoms with Crippen LogP contribution in [0.15, 0.2) is 48.5 Å². The molecule has 0 spiro atoms. The van der Waals surface area contributed by atoms with Crippen LogP contribution in [0.1, 0.15) is 27.6 Å². The Balaban J connectivity index is 1.93. The number of amides is 2. The van der Waals surface area contributed by atoms with Crippen LogP contribution in [-0.2, 0) is 9.53 Å². The smallest absolute Gasteiger partial charge is 0.262 e. The van der Waals surface area contributed by atoms with Crippen LogP contribution in [0.5, 0.6) is 5.75 Å². The monoisotopic (exact) mass is 370 g/mol. The van der Waals surface area contributed by atoms with E-state index in [0.29, 0.717) is 35.7 Å². The molecule has 0 heterocycles. The van der Waals surface area contributed by atoms with Crippen LogP contribution in [0.2, 0.25) is 0 Å². The molecule has 142 valence electrons. The molecule has 0 bridgehead atoms. The molecule has 27 heavy (non-hydrogen) atoms. The van der Waals surface area contributed by atoms with Crippen molar-refractivity contribution >= 4 is 23.3 Å². The zero-order valence-electron chi connectivity index (χ0n) is 15.3. The van der Waals surface area contributed by atoms with Gasteiger partial charge in [0.25, 0.3) is 11.8 Å². The Morgan fingerprint density at radius 3 is 2.37 bits per heavy atom. The summed E-state index contributed by atoms with van der Waals surface area (Å²) in [6.45, 7) is 2.03. The lowest BCUT2D eigenvalue weighted by atomic mass is 10.1. The second-order valence-electron chi connectivity index (χ2n) is 5.71. The molecule has 2 amide bonds. The summed E-state index contributed by atoms with van der Waals surface area (Å²) in [6, 6.07) is 13.2. The maximum Gasteiger partial charge on any atom is 0.262 e. The van der Waals surface area contributed by atoms with Gasteiger partial charge in [0, 0.05) is 19.2 Å². The van der Waals surface area contributed by atoms with Crippen molar-refractivity contribution in [3.63, 3.8) is 0 Å². The molecule has 0 unspecified atom stereocenters. The molecule has 0 aliphatic rings. The van der Waals surface area contributed by atoms with Crippen molar-refractivity contribution < 1.29 is 23.9 Å². The van der Waals surface area contributed by atoms with Crippen LogP contribution in [0.4, 0.5) is 5.69 Å². The largest absolute Gasteiger partial charge is 0.484 e. The molecule has 0 saturated carbocycles. The SMILES string of the molecule is COCCNC(=O)c1ccccc1NC(=O)COc1ccc(C(C)=O)cc1. The molecule has 7 heteroatoms. The van der Waals surface area contributed by atoms with Crippen molar-refractivity contribution in [2.45, 2.75) is 6.92 Å². The van der Waals surface area contributed by atoms with Crippen molar-refractivity contribution in [1.29, 1.82) is 0 Å². The molecule has 7 nitrogen and oxygen atoms in total. The first-order valence-electron chi connectivity index (χ1n) is 8.41. The number of methoxy groups -OCH3 is 1. The summed E-state index contributed by atoms with van der Waals surface area (Å²) in [4.78, 5) is 35.6. The molecule has 0 radical (unpaired) electrons. The Bertz CT molecular complexity index is 802. The number of carbonyl (C=O) groups excluding carboxylic acids is 3. The summed E-state index contributed by atoms with van der Waals surface area (Å²) in [5, 5.41) is 5.38. The Morgan fingerprint density at radius 1 is 1.00 bits per heavy atom. The molecular formula is C20H22N2O5. The molecule has 0 atom stereocenters. The fourth-order valence-corrected chi connectivity index (χ4v) is 2.27. The Labute approximate surface area is 157 Å². The first kappa shape index (κ1) is 20.1. The lowest BCUT2D eigenvalue weighted by Crippen LogP contribution is -2.28. The number of ether oxygens (including phenoxy) is 2. The van der Waals surface area contributed by atoms with Gasteiger partial charge in [-0.2, -0.15) is 0 Å². The Kier molecular flexibility index (Phi) is 7.51. The summed E-state index contributed by atoms with van der Waals surface area (Å²) in [7, 11) is 1.55. The van der Waals surface area contributed by atoms with E-state index >= 15 is 0 Å². The van der Waals surface area contributed by atoms with Gasteiger partial charge in [-0.1, -0.05) is 12.1 Å². The summed E-state index contributed by atoms with van der Waals surface area (Å²) in [5.41, 5.74) is 1.32. The second kappa shape index (κ2) is 10.1. The van der Waals surface area contributed by atoms with E-state index in [1.54, 1.807) is 55.6 Å². The summed E-state index contributed by atoms with van der Waals surface area (Å²) in [6.07, 6.45) is 0. The van der Waals surface area contributed by atoms with Crippen molar-refractivity contribution in [2.24, 2.45) is 0 Å². The lowest BCUT2D eigenvalue weighted by Gasteiger charge is -2.12. The Morgan fingerprint density at radius 2 is 1.70 bits per heavy atom. The predicted molar refractivity (Wildman–Crippen MR) is 101 cm³/mol. The molecule has 2 aromatic rings. The normalized spacial score (nSPS) is 10.1. The maximum absolute atomic E-state index is 12.2. The van der Waals surface area contributed by atoms with Crippen LogP contribution >= 0.6 is 0 Å². The van der Waals surface area contributed by atoms with E-state index in [-0.39, 0.29) is 18.3 Å². The van der Waals surface area contributed by atoms with Crippen LogP contribution in [0.3, 0.4) is 0 Å². The van der Waals surface area contributed by atoms with Crippen molar-refractivity contribution in [2.75, 3.05) is 32.2 Å². The van der Waals surface area contributed by atoms with Crippen LogP contribution in [0.25, 0.3) is 0 Å². The van der Waals surface area contributed by atoms with Gasteiger partial charge in [-0.25, -0.2) is 0 Å². The predicted octanol–water partition coefficient (Wildman–Crippen LogP) is 2.28. The van der Waals surface area contributed by atoms with Crippen molar-refractivity contribution in [3.8, 4) is 5.75 Å². The number of Topliss-reactive ketones (excluding diaryl/α,β-unsaturated/α-hetero) is 1. The van der Waals surface area contributed by atoms with Gasteiger partial charge < -0.3 is 20.1 Å². The van der Waals surface area contributed by atoms with Gasteiger partial charge in [0.1, 0.15) is 5.75 Å². The van der Waals surface area contributed by atoms with E-state index in [0.717, 1.165) is 0 Å². The molecule has 2 aromatic carbocycles. The van der Waals surface area contributed by atoms with Gasteiger partial charge in [0.2, 0.25) is 0 Å². The summed E-state index contributed by atoms with van der Waals surface area (Å²) in [5.74, 6) is -0.271. The molecule has 0 fully saturated rings. The third-order valence-corrected chi connectivity index (χ3v) is 3.67. The Hall–Kier alpha value is -3.19. The molecule has 2 N–H and O–H groups in total. The highest BCUT2D eigenvalue weighted by atomic mass is 16.5. The standard InChI is InChI=1S/C20H22N2O5/c1-14(23)15-7-9-16(10-8-15)27-13-19(24)22-18-6-4-3-5-17(18)20(25)21-11-12-26-2/h3-10H,11-13H2,1-2H3,(H,21,25)(H,22,24).